The number of likely N-dealkylation sites (tertiary alicyclic amines) is 1. The first-order valence-corrected chi connectivity index (χ1v) is 9.29. The Hall–Kier alpha value is -1.95. The summed E-state index contributed by atoms with van der Waals surface area (Å²) in [5, 5.41) is 15.1. The molecule has 1 N–H and O–H groups in total. The van der Waals surface area contributed by atoms with Gasteiger partial charge in [-0.25, -0.2) is 4.98 Å². The Bertz CT molecular complexity index is 822. The van der Waals surface area contributed by atoms with E-state index in [4.69, 9.17) is 4.98 Å². The Labute approximate surface area is 147 Å². The van der Waals surface area contributed by atoms with E-state index in [0.717, 1.165) is 60.2 Å². The van der Waals surface area contributed by atoms with Crippen LogP contribution in [0, 0.1) is 6.92 Å². The second-order valence-corrected chi connectivity index (χ2v) is 7.66. The number of aliphatic hydroxyl groups is 1. The molecule has 0 spiro atoms. The predicted octanol–water partition coefficient (Wildman–Crippen LogP) is 2.53. The van der Waals surface area contributed by atoms with E-state index in [9.17, 15) is 9.90 Å². The zero-order valence-corrected chi connectivity index (χ0v) is 15.2. The summed E-state index contributed by atoms with van der Waals surface area (Å²) in [7, 11) is 1.89. The second-order valence-electron chi connectivity index (χ2n) is 7.66. The first-order valence-electron chi connectivity index (χ1n) is 9.29. The number of aliphatic hydroxyl groups excluding tert-OH is 1. The molecule has 1 amide bonds. The lowest BCUT2D eigenvalue weighted by Gasteiger charge is -2.26. The number of hydrogen-bond donors (Lipinski definition) is 1. The molecule has 0 radical (unpaired) electrons. The third-order valence-electron chi connectivity index (χ3n) is 5.47. The average molecular weight is 342 g/mol. The van der Waals surface area contributed by atoms with Crippen molar-refractivity contribution in [2.24, 2.45) is 7.05 Å². The predicted molar refractivity (Wildman–Crippen MR) is 95.6 cm³/mol. The number of hydrogen-bond acceptors (Lipinski definition) is 4. The van der Waals surface area contributed by atoms with E-state index in [1.807, 2.05) is 24.9 Å². The minimum atomic E-state index is -0.391. The zero-order valence-electron chi connectivity index (χ0n) is 15.2. The fraction of sp³-hybridized carbons (Fsp3) is 0.632. The minimum Gasteiger partial charge on any atom is -0.393 e. The number of fused-ring (bicyclic) bond motifs is 1. The van der Waals surface area contributed by atoms with Gasteiger partial charge in [-0.2, -0.15) is 5.10 Å². The molecule has 1 saturated heterocycles. The van der Waals surface area contributed by atoms with Crippen molar-refractivity contribution in [3.63, 3.8) is 0 Å². The van der Waals surface area contributed by atoms with Crippen molar-refractivity contribution in [1.82, 2.24) is 19.7 Å². The molecule has 2 aliphatic rings. The molecular weight excluding hydrogens is 316 g/mol. The molecule has 4 rings (SSSR count). The van der Waals surface area contributed by atoms with E-state index in [1.54, 1.807) is 11.6 Å². The summed E-state index contributed by atoms with van der Waals surface area (Å²) in [6, 6.07) is 2.12. The molecule has 1 aliphatic carbocycles. The third kappa shape index (κ3) is 2.92. The molecule has 6 heteroatoms. The molecular formula is C19H26N4O2. The maximum atomic E-state index is 13.4. The van der Waals surface area contributed by atoms with Gasteiger partial charge in [-0.15, -0.1) is 0 Å². The lowest BCUT2D eigenvalue weighted by atomic mass is 10.0. The van der Waals surface area contributed by atoms with Gasteiger partial charge in [0, 0.05) is 31.2 Å². The highest BCUT2D eigenvalue weighted by atomic mass is 16.3. The van der Waals surface area contributed by atoms with Gasteiger partial charge in [-0.3, -0.25) is 9.48 Å². The fourth-order valence-electron chi connectivity index (χ4n) is 4.12. The SMILES string of the molecule is Cc1nn(C)c2nc(C3CC3)cc(C(=O)N3CCCC3CC(C)O)c12. The summed E-state index contributed by atoms with van der Waals surface area (Å²) in [4.78, 5) is 20.1. The van der Waals surface area contributed by atoms with Crippen LogP contribution in [0.4, 0.5) is 0 Å². The molecule has 2 aromatic rings. The molecule has 2 unspecified atom stereocenters. The lowest BCUT2D eigenvalue weighted by molar-refractivity contribution is 0.0683. The van der Waals surface area contributed by atoms with E-state index in [0.29, 0.717) is 12.3 Å². The number of nitrogens with zero attached hydrogens (tertiary/aromatic N) is 4. The van der Waals surface area contributed by atoms with Crippen LogP contribution >= 0.6 is 0 Å². The van der Waals surface area contributed by atoms with E-state index >= 15 is 0 Å². The highest BCUT2D eigenvalue weighted by Crippen LogP contribution is 2.41. The van der Waals surface area contributed by atoms with E-state index < -0.39 is 6.10 Å². The first-order chi connectivity index (χ1) is 12.0. The van der Waals surface area contributed by atoms with Crippen LogP contribution in [0.3, 0.4) is 0 Å². The number of carbonyl (C=O) groups is 1. The molecule has 3 heterocycles. The normalized spacial score (nSPS) is 21.9. The Kier molecular flexibility index (Phi) is 4.02. The molecule has 1 saturated carbocycles. The molecule has 25 heavy (non-hydrogen) atoms. The van der Waals surface area contributed by atoms with Crippen LogP contribution in [0.2, 0.25) is 0 Å². The molecule has 1 aliphatic heterocycles. The standard InChI is InChI=1S/C19H26N4O2/c1-11(24)9-14-5-4-8-23(14)19(25)15-10-16(13-6-7-13)20-18-17(15)12(2)21-22(18)3/h10-11,13-14,24H,4-9H2,1-3H3. The Balaban J connectivity index is 1.78. The summed E-state index contributed by atoms with van der Waals surface area (Å²) >= 11 is 0. The highest BCUT2D eigenvalue weighted by Gasteiger charge is 2.34. The van der Waals surface area contributed by atoms with Crippen molar-refractivity contribution < 1.29 is 9.90 Å². The molecule has 2 atom stereocenters. The minimum absolute atomic E-state index is 0.0635. The molecule has 2 aromatic heterocycles. The summed E-state index contributed by atoms with van der Waals surface area (Å²) in [5.74, 6) is 0.548. The van der Waals surface area contributed by atoms with Gasteiger partial charge in [-0.1, -0.05) is 0 Å². The second kappa shape index (κ2) is 6.09. The molecule has 0 bridgehead atoms. The lowest BCUT2D eigenvalue weighted by Crippen LogP contribution is -2.37. The summed E-state index contributed by atoms with van der Waals surface area (Å²) < 4.78 is 1.78. The first kappa shape index (κ1) is 16.5. The third-order valence-corrected chi connectivity index (χ3v) is 5.47. The monoisotopic (exact) mass is 342 g/mol. The van der Waals surface area contributed by atoms with Crippen LogP contribution in [0.1, 0.15) is 66.7 Å². The number of amides is 1. The quantitative estimate of drug-likeness (QED) is 0.927. The van der Waals surface area contributed by atoms with Gasteiger partial charge in [0.2, 0.25) is 0 Å². The number of rotatable bonds is 4. The maximum Gasteiger partial charge on any atom is 0.254 e. The summed E-state index contributed by atoms with van der Waals surface area (Å²) in [5.41, 5.74) is 3.40. The smallest absolute Gasteiger partial charge is 0.254 e. The van der Waals surface area contributed by atoms with Crippen LogP contribution in [0.5, 0.6) is 0 Å². The summed E-state index contributed by atoms with van der Waals surface area (Å²) in [6.45, 7) is 4.50. The number of aryl methyl sites for hydroxylation is 2. The Morgan fingerprint density at radius 1 is 1.40 bits per heavy atom. The van der Waals surface area contributed by atoms with Crippen molar-refractivity contribution in [2.45, 2.75) is 64.0 Å². The van der Waals surface area contributed by atoms with Crippen LogP contribution in [0.25, 0.3) is 11.0 Å². The maximum absolute atomic E-state index is 13.4. The van der Waals surface area contributed by atoms with Crippen LogP contribution in [0.15, 0.2) is 6.07 Å². The summed E-state index contributed by atoms with van der Waals surface area (Å²) in [6.07, 6.45) is 4.51. The molecule has 6 nitrogen and oxygen atoms in total. The van der Waals surface area contributed by atoms with Crippen molar-refractivity contribution in [1.29, 1.82) is 0 Å². The largest absolute Gasteiger partial charge is 0.393 e. The number of pyridine rings is 1. The van der Waals surface area contributed by atoms with Crippen molar-refractivity contribution in [3.05, 3.63) is 23.0 Å². The van der Waals surface area contributed by atoms with E-state index in [1.165, 1.54) is 0 Å². The zero-order chi connectivity index (χ0) is 17.7. The molecule has 0 aromatic carbocycles. The number of carbonyl (C=O) groups excluding carboxylic acids is 1. The van der Waals surface area contributed by atoms with Gasteiger partial charge in [0.15, 0.2) is 5.65 Å². The van der Waals surface area contributed by atoms with Crippen LogP contribution in [-0.4, -0.2) is 49.4 Å². The van der Waals surface area contributed by atoms with Crippen LogP contribution < -0.4 is 0 Å². The van der Waals surface area contributed by atoms with Gasteiger partial charge in [0.05, 0.1) is 22.7 Å². The van der Waals surface area contributed by atoms with Gasteiger partial charge in [-0.05, 0) is 52.0 Å². The van der Waals surface area contributed by atoms with Crippen LogP contribution in [-0.2, 0) is 7.05 Å². The van der Waals surface area contributed by atoms with E-state index in [2.05, 4.69) is 5.10 Å². The molecule has 134 valence electrons. The van der Waals surface area contributed by atoms with Crippen molar-refractivity contribution in [2.75, 3.05) is 6.54 Å². The molecule has 2 fully saturated rings. The van der Waals surface area contributed by atoms with E-state index in [-0.39, 0.29) is 11.9 Å². The van der Waals surface area contributed by atoms with Gasteiger partial charge >= 0.3 is 0 Å². The average Bonchev–Trinajstić information content (AvgIpc) is 3.25. The van der Waals surface area contributed by atoms with Gasteiger partial charge in [0.1, 0.15) is 0 Å². The topological polar surface area (TPSA) is 71.2 Å². The van der Waals surface area contributed by atoms with Crippen molar-refractivity contribution >= 4 is 16.9 Å². The highest BCUT2D eigenvalue weighted by molar-refractivity contribution is 6.06. The Morgan fingerprint density at radius 2 is 2.16 bits per heavy atom. The number of aromatic nitrogens is 3. The van der Waals surface area contributed by atoms with Gasteiger partial charge in [0.25, 0.3) is 5.91 Å². The van der Waals surface area contributed by atoms with Gasteiger partial charge < -0.3 is 10.0 Å². The van der Waals surface area contributed by atoms with Crippen molar-refractivity contribution in [3.8, 4) is 0 Å². The Morgan fingerprint density at radius 3 is 2.84 bits per heavy atom. The fourth-order valence-corrected chi connectivity index (χ4v) is 4.12.